The van der Waals surface area contributed by atoms with E-state index in [1.54, 1.807) is 12.1 Å². The Morgan fingerprint density at radius 3 is 2.19 bits per heavy atom. The highest BCUT2D eigenvalue weighted by Gasteiger charge is 2.40. The van der Waals surface area contributed by atoms with Crippen LogP contribution in [0.1, 0.15) is 55.5 Å². The molecule has 0 bridgehead atoms. The first-order chi connectivity index (χ1) is 10.1. The van der Waals surface area contributed by atoms with Crippen LogP contribution in [0.3, 0.4) is 0 Å². The fraction of sp³-hybridized carbons (Fsp3) is 0.611. The Kier molecular flexibility index (Phi) is 5.40. The summed E-state index contributed by atoms with van der Waals surface area (Å²) in [6.07, 6.45) is 6.28. The lowest BCUT2D eigenvalue weighted by molar-refractivity contribution is -0.0134. The molecule has 0 radical (unpaired) electrons. The predicted octanol–water partition coefficient (Wildman–Crippen LogP) is 3.83. The van der Waals surface area contributed by atoms with Crippen molar-refractivity contribution < 1.29 is 9.90 Å². The number of likely N-dealkylation sites (tertiary alicyclic amines) is 1. The van der Waals surface area contributed by atoms with Crippen molar-refractivity contribution >= 4 is 5.97 Å². The number of benzene rings is 1. The Morgan fingerprint density at radius 2 is 1.71 bits per heavy atom. The summed E-state index contributed by atoms with van der Waals surface area (Å²) in [4.78, 5) is 13.4. The third kappa shape index (κ3) is 4.07. The molecule has 0 amide bonds. The van der Waals surface area contributed by atoms with Crippen LogP contribution < -0.4 is 0 Å². The fourth-order valence-electron chi connectivity index (χ4n) is 3.66. The van der Waals surface area contributed by atoms with Gasteiger partial charge < -0.3 is 10.0 Å². The van der Waals surface area contributed by atoms with E-state index in [9.17, 15) is 4.79 Å². The molecule has 1 aliphatic rings. The molecule has 1 heterocycles. The number of hydrogen-bond donors (Lipinski definition) is 1. The summed E-state index contributed by atoms with van der Waals surface area (Å²) in [5.41, 5.74) is 2.17. The molecule has 3 nitrogen and oxygen atoms in total. The van der Waals surface area contributed by atoms with Crippen LogP contribution in [0.2, 0.25) is 0 Å². The minimum atomic E-state index is -0.854. The smallest absolute Gasteiger partial charge is 0.335 e. The Labute approximate surface area is 128 Å². The van der Waals surface area contributed by atoms with Crippen molar-refractivity contribution in [2.45, 2.75) is 46.0 Å². The lowest BCUT2D eigenvalue weighted by atomic mass is 9.72. The molecule has 1 aromatic carbocycles. The lowest BCUT2D eigenvalue weighted by Crippen LogP contribution is -2.56. The average molecular weight is 289 g/mol. The summed E-state index contributed by atoms with van der Waals surface area (Å²) in [6.45, 7) is 8.12. The zero-order valence-electron chi connectivity index (χ0n) is 13.3. The van der Waals surface area contributed by atoms with Gasteiger partial charge in [0.05, 0.1) is 5.56 Å². The second-order valence-corrected chi connectivity index (χ2v) is 6.46. The zero-order chi connectivity index (χ0) is 15.3. The highest BCUT2D eigenvalue weighted by molar-refractivity contribution is 5.87. The molecule has 2 rings (SSSR count). The predicted molar refractivity (Wildman–Crippen MR) is 85.8 cm³/mol. The Balaban J connectivity index is 1.78. The van der Waals surface area contributed by atoms with Crippen molar-refractivity contribution in [3.63, 3.8) is 0 Å². The minimum absolute atomic E-state index is 0.368. The van der Waals surface area contributed by atoms with E-state index in [4.69, 9.17) is 5.11 Å². The maximum atomic E-state index is 10.8. The van der Waals surface area contributed by atoms with E-state index in [0.717, 1.165) is 13.0 Å². The largest absolute Gasteiger partial charge is 0.478 e. The van der Waals surface area contributed by atoms with Crippen molar-refractivity contribution in [2.24, 2.45) is 5.41 Å². The first-order valence-electron chi connectivity index (χ1n) is 8.13. The Hall–Kier alpha value is -1.35. The van der Waals surface area contributed by atoms with Gasteiger partial charge in [0.25, 0.3) is 0 Å². The second kappa shape index (κ2) is 7.08. The summed E-state index contributed by atoms with van der Waals surface area (Å²) in [6, 6.07) is 7.28. The molecule has 1 aliphatic heterocycles. The van der Waals surface area contributed by atoms with E-state index < -0.39 is 5.97 Å². The third-order valence-corrected chi connectivity index (χ3v) is 4.60. The van der Waals surface area contributed by atoms with Crippen molar-refractivity contribution in [3.05, 3.63) is 35.4 Å². The van der Waals surface area contributed by atoms with E-state index in [1.807, 2.05) is 12.1 Å². The minimum Gasteiger partial charge on any atom is -0.478 e. The van der Waals surface area contributed by atoms with Crippen LogP contribution in [-0.4, -0.2) is 35.6 Å². The zero-order valence-corrected chi connectivity index (χ0v) is 13.3. The molecule has 0 unspecified atom stereocenters. The van der Waals surface area contributed by atoms with Gasteiger partial charge in [-0.1, -0.05) is 38.8 Å². The first kappa shape index (κ1) is 16.0. The number of nitrogens with zero attached hydrogens (tertiary/aromatic N) is 1. The van der Waals surface area contributed by atoms with Gasteiger partial charge in [-0.05, 0) is 42.4 Å². The molecule has 1 aromatic rings. The molecule has 1 N–H and O–H groups in total. The van der Waals surface area contributed by atoms with E-state index in [0.29, 0.717) is 11.0 Å². The highest BCUT2D eigenvalue weighted by Crippen LogP contribution is 2.39. The molecule has 3 heteroatoms. The monoisotopic (exact) mass is 289 g/mol. The van der Waals surface area contributed by atoms with Gasteiger partial charge in [0.15, 0.2) is 0 Å². The molecule has 0 spiro atoms. The Bertz CT molecular complexity index is 453. The van der Waals surface area contributed by atoms with Crippen LogP contribution in [0.25, 0.3) is 0 Å². The van der Waals surface area contributed by atoms with Gasteiger partial charge in [0, 0.05) is 19.6 Å². The molecule has 1 saturated heterocycles. The summed E-state index contributed by atoms with van der Waals surface area (Å²) >= 11 is 0. The SMILES string of the molecule is CCCC1(CCC)CN(CCc2ccc(C(=O)O)cc2)C1. The van der Waals surface area contributed by atoms with E-state index in [1.165, 1.54) is 44.3 Å². The van der Waals surface area contributed by atoms with Crippen molar-refractivity contribution in [1.82, 2.24) is 4.90 Å². The first-order valence-corrected chi connectivity index (χ1v) is 8.13. The standard InChI is InChI=1S/C18H27NO2/c1-3-10-18(11-4-2)13-19(14-18)12-9-15-5-7-16(8-6-15)17(20)21/h5-8H,3-4,9-14H2,1-2H3,(H,20,21). The number of carboxylic acids is 1. The molecule has 0 saturated carbocycles. The van der Waals surface area contributed by atoms with Crippen LogP contribution in [0.5, 0.6) is 0 Å². The van der Waals surface area contributed by atoms with Gasteiger partial charge >= 0.3 is 5.97 Å². The van der Waals surface area contributed by atoms with Crippen LogP contribution in [0.15, 0.2) is 24.3 Å². The van der Waals surface area contributed by atoms with Crippen molar-refractivity contribution in [1.29, 1.82) is 0 Å². The molecule has 116 valence electrons. The topological polar surface area (TPSA) is 40.5 Å². The van der Waals surface area contributed by atoms with Gasteiger partial charge in [-0.3, -0.25) is 0 Å². The number of carbonyl (C=O) groups is 1. The van der Waals surface area contributed by atoms with Gasteiger partial charge in [-0.15, -0.1) is 0 Å². The Morgan fingerprint density at radius 1 is 1.14 bits per heavy atom. The maximum absolute atomic E-state index is 10.8. The quantitative estimate of drug-likeness (QED) is 0.790. The molecular weight excluding hydrogens is 262 g/mol. The van der Waals surface area contributed by atoms with Gasteiger partial charge in [-0.2, -0.15) is 0 Å². The van der Waals surface area contributed by atoms with Crippen LogP contribution >= 0.6 is 0 Å². The molecule has 21 heavy (non-hydrogen) atoms. The highest BCUT2D eigenvalue weighted by atomic mass is 16.4. The number of rotatable bonds is 8. The van der Waals surface area contributed by atoms with Gasteiger partial charge in [0.1, 0.15) is 0 Å². The fourth-order valence-corrected chi connectivity index (χ4v) is 3.66. The summed E-state index contributed by atoms with van der Waals surface area (Å²) in [5, 5.41) is 8.89. The maximum Gasteiger partial charge on any atom is 0.335 e. The number of carboxylic acid groups (broad SMARTS) is 1. The molecular formula is C18H27NO2. The second-order valence-electron chi connectivity index (χ2n) is 6.46. The molecule has 0 aliphatic carbocycles. The summed E-state index contributed by atoms with van der Waals surface area (Å²) < 4.78 is 0. The van der Waals surface area contributed by atoms with Crippen LogP contribution in [-0.2, 0) is 6.42 Å². The van der Waals surface area contributed by atoms with E-state index >= 15 is 0 Å². The number of hydrogen-bond acceptors (Lipinski definition) is 2. The number of aromatic carboxylic acids is 1. The van der Waals surface area contributed by atoms with E-state index in [-0.39, 0.29) is 0 Å². The van der Waals surface area contributed by atoms with Crippen molar-refractivity contribution in [2.75, 3.05) is 19.6 Å². The third-order valence-electron chi connectivity index (χ3n) is 4.60. The molecule has 0 atom stereocenters. The van der Waals surface area contributed by atoms with Gasteiger partial charge in [0.2, 0.25) is 0 Å². The summed E-state index contributed by atoms with van der Waals surface area (Å²) in [7, 11) is 0. The van der Waals surface area contributed by atoms with Gasteiger partial charge in [-0.25, -0.2) is 4.79 Å². The van der Waals surface area contributed by atoms with E-state index in [2.05, 4.69) is 18.7 Å². The van der Waals surface area contributed by atoms with Crippen LogP contribution in [0.4, 0.5) is 0 Å². The van der Waals surface area contributed by atoms with Crippen molar-refractivity contribution in [3.8, 4) is 0 Å². The van der Waals surface area contributed by atoms with Crippen LogP contribution in [0, 0.1) is 5.41 Å². The normalized spacial score (nSPS) is 17.4. The molecule has 0 aromatic heterocycles. The average Bonchev–Trinajstić information content (AvgIpc) is 2.43. The lowest BCUT2D eigenvalue weighted by Gasteiger charge is -2.51. The summed E-state index contributed by atoms with van der Waals surface area (Å²) in [5.74, 6) is -0.854. The molecule has 1 fully saturated rings.